The van der Waals surface area contributed by atoms with Gasteiger partial charge in [-0.15, -0.1) is 0 Å². The van der Waals surface area contributed by atoms with Crippen molar-refractivity contribution in [2.24, 2.45) is 5.92 Å². The monoisotopic (exact) mass is 348 g/mol. The molecule has 0 aromatic heterocycles. The van der Waals surface area contributed by atoms with Gasteiger partial charge in [-0.2, -0.15) is 0 Å². The number of carbonyl (C=O) groups excluding carboxylic acids is 2. The number of amides is 2. The van der Waals surface area contributed by atoms with Gasteiger partial charge in [0.05, 0.1) is 19.8 Å². The average molecular weight is 348 g/mol. The van der Waals surface area contributed by atoms with Crippen LogP contribution in [0.3, 0.4) is 0 Å². The lowest BCUT2D eigenvalue weighted by Gasteiger charge is -2.19. The fourth-order valence-corrected chi connectivity index (χ4v) is 2.69. The van der Waals surface area contributed by atoms with Crippen LogP contribution in [0.5, 0.6) is 11.5 Å². The summed E-state index contributed by atoms with van der Waals surface area (Å²) < 4.78 is 11.2. The summed E-state index contributed by atoms with van der Waals surface area (Å²) in [6.45, 7) is 6.85. The summed E-state index contributed by atoms with van der Waals surface area (Å²) in [5.41, 5.74) is 0.922. The van der Waals surface area contributed by atoms with Crippen LogP contribution in [0, 0.1) is 5.92 Å². The quantitative estimate of drug-likeness (QED) is 0.757. The van der Waals surface area contributed by atoms with E-state index in [4.69, 9.17) is 9.47 Å². The number of carbonyl (C=O) groups is 2. The van der Waals surface area contributed by atoms with Crippen molar-refractivity contribution in [3.05, 3.63) is 23.8 Å². The lowest BCUT2D eigenvalue weighted by molar-refractivity contribution is -0.126. The van der Waals surface area contributed by atoms with Gasteiger partial charge in [0.15, 0.2) is 11.5 Å². The van der Waals surface area contributed by atoms with E-state index in [1.165, 1.54) is 0 Å². The van der Waals surface area contributed by atoms with Crippen LogP contribution in [0.15, 0.2) is 18.2 Å². The van der Waals surface area contributed by atoms with Crippen molar-refractivity contribution in [1.29, 1.82) is 0 Å². The Balaban J connectivity index is 1.98. The van der Waals surface area contributed by atoms with E-state index in [2.05, 4.69) is 24.5 Å². The summed E-state index contributed by atoms with van der Waals surface area (Å²) in [6, 6.07) is 5.04. The molecular weight excluding hydrogens is 320 g/mol. The fraction of sp³-hybridized carbons (Fsp3) is 0.579. The maximum atomic E-state index is 12.2. The van der Waals surface area contributed by atoms with E-state index >= 15 is 0 Å². The Morgan fingerprint density at radius 3 is 2.68 bits per heavy atom. The zero-order valence-electron chi connectivity index (χ0n) is 15.4. The molecule has 1 aliphatic heterocycles. The Bertz CT molecular complexity index is 615. The number of nitrogens with one attached hydrogen (secondary N) is 2. The molecule has 0 spiro atoms. The summed E-state index contributed by atoms with van der Waals surface area (Å²) in [5.74, 6) is 1.70. The first-order valence-corrected chi connectivity index (χ1v) is 8.81. The minimum Gasteiger partial charge on any atom is -0.493 e. The van der Waals surface area contributed by atoms with Crippen molar-refractivity contribution in [1.82, 2.24) is 10.6 Å². The van der Waals surface area contributed by atoms with Gasteiger partial charge in [-0.3, -0.25) is 9.59 Å². The Labute approximate surface area is 149 Å². The third-order valence-corrected chi connectivity index (χ3v) is 4.31. The predicted molar refractivity (Wildman–Crippen MR) is 95.7 cm³/mol. The fourth-order valence-electron chi connectivity index (χ4n) is 2.69. The molecule has 0 bridgehead atoms. The van der Waals surface area contributed by atoms with E-state index in [0.29, 0.717) is 36.9 Å². The first kappa shape index (κ1) is 19.1. The zero-order chi connectivity index (χ0) is 18.4. The highest BCUT2D eigenvalue weighted by atomic mass is 16.5. The van der Waals surface area contributed by atoms with Crippen molar-refractivity contribution in [3.63, 3.8) is 0 Å². The van der Waals surface area contributed by atoms with Crippen LogP contribution in [0.4, 0.5) is 0 Å². The molecule has 2 N–H and O–H groups in total. The van der Waals surface area contributed by atoms with Gasteiger partial charge in [-0.05, 0) is 43.4 Å². The first-order valence-electron chi connectivity index (χ1n) is 8.81. The number of benzene rings is 1. The molecule has 1 aliphatic rings. The van der Waals surface area contributed by atoms with Gasteiger partial charge in [0.25, 0.3) is 0 Å². The van der Waals surface area contributed by atoms with E-state index in [-0.39, 0.29) is 17.9 Å². The second-order valence-corrected chi connectivity index (χ2v) is 6.83. The SMILES string of the molecule is COc1cc([C@H](C)NC(=O)[C@H]2CCC(=O)N2)ccc1OCCC(C)C. The standard InChI is InChI=1S/C19H28N2O4/c1-12(2)9-10-25-16-7-5-14(11-17(16)24-4)13(3)20-19(23)15-6-8-18(22)21-15/h5,7,11-13,15H,6,8-10H2,1-4H3,(H,20,23)(H,21,22)/t13-,15+/m0/s1. The number of ether oxygens (including phenoxy) is 2. The Kier molecular flexibility index (Phi) is 6.67. The van der Waals surface area contributed by atoms with Gasteiger partial charge >= 0.3 is 0 Å². The third-order valence-electron chi connectivity index (χ3n) is 4.31. The van der Waals surface area contributed by atoms with Gasteiger partial charge in [-0.1, -0.05) is 19.9 Å². The van der Waals surface area contributed by atoms with Crippen molar-refractivity contribution < 1.29 is 19.1 Å². The van der Waals surface area contributed by atoms with E-state index in [1.54, 1.807) is 7.11 Å². The lowest BCUT2D eigenvalue weighted by atomic mass is 10.1. The molecule has 1 heterocycles. The topological polar surface area (TPSA) is 76.7 Å². The van der Waals surface area contributed by atoms with Crippen LogP contribution >= 0.6 is 0 Å². The van der Waals surface area contributed by atoms with Gasteiger partial charge in [0, 0.05) is 6.42 Å². The molecule has 0 unspecified atom stereocenters. The van der Waals surface area contributed by atoms with Crippen molar-refractivity contribution in [2.45, 2.75) is 52.1 Å². The number of methoxy groups -OCH3 is 1. The van der Waals surface area contributed by atoms with Crippen LogP contribution in [-0.2, 0) is 9.59 Å². The molecule has 25 heavy (non-hydrogen) atoms. The molecule has 2 atom stereocenters. The van der Waals surface area contributed by atoms with Gasteiger partial charge in [-0.25, -0.2) is 0 Å². The Hall–Kier alpha value is -2.24. The summed E-state index contributed by atoms with van der Waals surface area (Å²) in [6.07, 6.45) is 1.93. The summed E-state index contributed by atoms with van der Waals surface area (Å²) in [4.78, 5) is 23.5. The van der Waals surface area contributed by atoms with E-state index in [0.717, 1.165) is 12.0 Å². The summed E-state index contributed by atoms with van der Waals surface area (Å²) in [7, 11) is 1.60. The maximum absolute atomic E-state index is 12.2. The van der Waals surface area contributed by atoms with Gasteiger partial charge in [0.2, 0.25) is 11.8 Å². The molecule has 2 rings (SSSR count). The lowest BCUT2D eigenvalue weighted by Crippen LogP contribution is -2.42. The molecule has 0 aliphatic carbocycles. The van der Waals surface area contributed by atoms with Crippen LogP contribution < -0.4 is 20.1 Å². The first-order chi connectivity index (χ1) is 11.9. The molecule has 0 saturated carbocycles. The summed E-state index contributed by atoms with van der Waals surface area (Å²) in [5, 5.41) is 5.62. The molecular formula is C19H28N2O4. The molecule has 1 aromatic rings. The highest BCUT2D eigenvalue weighted by Crippen LogP contribution is 2.30. The van der Waals surface area contributed by atoms with Crippen LogP contribution in [-0.4, -0.2) is 31.6 Å². The Morgan fingerprint density at radius 2 is 2.08 bits per heavy atom. The van der Waals surface area contributed by atoms with E-state index < -0.39 is 6.04 Å². The molecule has 0 radical (unpaired) electrons. The second-order valence-electron chi connectivity index (χ2n) is 6.83. The van der Waals surface area contributed by atoms with Crippen molar-refractivity contribution in [2.75, 3.05) is 13.7 Å². The van der Waals surface area contributed by atoms with Crippen LogP contribution in [0.2, 0.25) is 0 Å². The smallest absolute Gasteiger partial charge is 0.243 e. The van der Waals surface area contributed by atoms with Crippen LogP contribution in [0.25, 0.3) is 0 Å². The molecule has 2 amide bonds. The maximum Gasteiger partial charge on any atom is 0.243 e. The predicted octanol–water partition coefficient (Wildman–Crippen LogP) is 2.58. The average Bonchev–Trinajstić information content (AvgIpc) is 3.01. The molecule has 138 valence electrons. The second kappa shape index (κ2) is 8.74. The van der Waals surface area contributed by atoms with E-state index in [9.17, 15) is 9.59 Å². The molecule has 1 saturated heterocycles. The van der Waals surface area contributed by atoms with Crippen molar-refractivity contribution >= 4 is 11.8 Å². The highest BCUT2D eigenvalue weighted by Gasteiger charge is 2.28. The highest BCUT2D eigenvalue weighted by molar-refractivity contribution is 5.90. The molecule has 1 fully saturated rings. The van der Waals surface area contributed by atoms with E-state index in [1.807, 2.05) is 25.1 Å². The van der Waals surface area contributed by atoms with Gasteiger partial charge < -0.3 is 20.1 Å². The number of hydrogen-bond donors (Lipinski definition) is 2. The largest absolute Gasteiger partial charge is 0.493 e. The summed E-state index contributed by atoms with van der Waals surface area (Å²) >= 11 is 0. The van der Waals surface area contributed by atoms with Gasteiger partial charge in [0.1, 0.15) is 6.04 Å². The number of hydrogen-bond acceptors (Lipinski definition) is 4. The Morgan fingerprint density at radius 1 is 1.32 bits per heavy atom. The molecule has 6 nitrogen and oxygen atoms in total. The minimum absolute atomic E-state index is 0.0719. The normalized spacial score (nSPS) is 18.0. The molecule has 1 aromatic carbocycles. The minimum atomic E-state index is -0.435. The number of rotatable bonds is 8. The zero-order valence-corrected chi connectivity index (χ0v) is 15.4. The van der Waals surface area contributed by atoms with Crippen LogP contribution in [0.1, 0.15) is 51.6 Å². The third kappa shape index (κ3) is 5.37. The molecule has 6 heteroatoms. The van der Waals surface area contributed by atoms with Crippen molar-refractivity contribution in [3.8, 4) is 11.5 Å².